The smallest absolute Gasteiger partial charge is 0.228 e. The van der Waals surface area contributed by atoms with Crippen LogP contribution in [0.5, 0.6) is 11.5 Å². The highest BCUT2D eigenvalue weighted by atomic mass is 16.6. The van der Waals surface area contributed by atoms with E-state index in [0.29, 0.717) is 12.4 Å². The monoisotopic (exact) mass is 297 g/mol. The largest absolute Gasteiger partial charge is 0.486 e. The van der Waals surface area contributed by atoms with Crippen molar-refractivity contribution < 1.29 is 14.3 Å². The molecule has 114 valence electrons. The Kier molecular flexibility index (Phi) is 4.00. The maximum absolute atomic E-state index is 12.1. The Morgan fingerprint density at radius 2 is 1.91 bits per heavy atom. The van der Waals surface area contributed by atoms with Gasteiger partial charge in [0.15, 0.2) is 11.5 Å². The molecule has 1 aliphatic heterocycles. The summed E-state index contributed by atoms with van der Waals surface area (Å²) in [7, 11) is 0. The molecule has 22 heavy (non-hydrogen) atoms. The summed E-state index contributed by atoms with van der Waals surface area (Å²) in [4.78, 5) is 12.1. The second kappa shape index (κ2) is 6.10. The number of fused-ring (bicyclic) bond motifs is 1. The molecule has 4 nitrogen and oxygen atoms in total. The Balaban J connectivity index is 1.59. The molecule has 1 atom stereocenters. The van der Waals surface area contributed by atoms with Gasteiger partial charge < -0.3 is 14.8 Å². The van der Waals surface area contributed by atoms with E-state index >= 15 is 0 Å². The molecule has 0 bridgehead atoms. The second-order valence-electron chi connectivity index (χ2n) is 5.55. The van der Waals surface area contributed by atoms with Crippen molar-refractivity contribution in [3.8, 4) is 11.5 Å². The molecule has 2 aromatic carbocycles. The number of nitrogens with one attached hydrogen (secondary N) is 1. The van der Waals surface area contributed by atoms with Crippen LogP contribution in [0.4, 0.5) is 5.69 Å². The average molecular weight is 297 g/mol. The van der Waals surface area contributed by atoms with Gasteiger partial charge in [-0.3, -0.25) is 4.79 Å². The lowest BCUT2D eigenvalue weighted by Crippen LogP contribution is -2.33. The zero-order chi connectivity index (χ0) is 15.5. The highest BCUT2D eigenvalue weighted by Gasteiger charge is 2.23. The first-order chi connectivity index (χ1) is 10.6. The van der Waals surface area contributed by atoms with Gasteiger partial charge in [-0.15, -0.1) is 0 Å². The van der Waals surface area contributed by atoms with Gasteiger partial charge in [0.2, 0.25) is 5.91 Å². The summed E-state index contributed by atoms with van der Waals surface area (Å²) >= 11 is 0. The third kappa shape index (κ3) is 3.22. The van der Waals surface area contributed by atoms with Gasteiger partial charge in [0, 0.05) is 5.69 Å². The fourth-order valence-electron chi connectivity index (χ4n) is 2.40. The van der Waals surface area contributed by atoms with Crippen LogP contribution in [-0.2, 0) is 4.79 Å². The fourth-order valence-corrected chi connectivity index (χ4v) is 2.40. The SMILES string of the molecule is Cc1ccc(NC(=O)CC2COc3ccccc3O2)cc1C. The normalized spacial score (nSPS) is 16.2. The van der Waals surface area contributed by atoms with Crippen LogP contribution >= 0.6 is 0 Å². The summed E-state index contributed by atoms with van der Waals surface area (Å²) < 4.78 is 11.4. The van der Waals surface area contributed by atoms with E-state index in [1.807, 2.05) is 56.3 Å². The summed E-state index contributed by atoms with van der Waals surface area (Å²) in [5.74, 6) is 1.35. The van der Waals surface area contributed by atoms with E-state index in [-0.39, 0.29) is 18.4 Å². The number of amides is 1. The van der Waals surface area contributed by atoms with Crippen LogP contribution in [0.2, 0.25) is 0 Å². The highest BCUT2D eigenvalue weighted by molar-refractivity contribution is 5.91. The number of para-hydroxylation sites is 2. The number of carbonyl (C=O) groups excluding carboxylic acids is 1. The number of anilines is 1. The molecule has 0 aromatic heterocycles. The lowest BCUT2D eigenvalue weighted by Gasteiger charge is -2.26. The molecule has 1 unspecified atom stereocenters. The van der Waals surface area contributed by atoms with Gasteiger partial charge in [0.1, 0.15) is 12.7 Å². The summed E-state index contributed by atoms with van der Waals surface area (Å²) in [5, 5.41) is 2.91. The van der Waals surface area contributed by atoms with E-state index in [9.17, 15) is 4.79 Å². The van der Waals surface area contributed by atoms with Crippen molar-refractivity contribution in [1.82, 2.24) is 0 Å². The van der Waals surface area contributed by atoms with Crippen molar-refractivity contribution in [3.63, 3.8) is 0 Å². The zero-order valence-corrected chi connectivity index (χ0v) is 12.8. The van der Waals surface area contributed by atoms with Gasteiger partial charge >= 0.3 is 0 Å². The quantitative estimate of drug-likeness (QED) is 0.943. The van der Waals surface area contributed by atoms with Gasteiger partial charge in [-0.2, -0.15) is 0 Å². The first-order valence-electron chi connectivity index (χ1n) is 7.37. The second-order valence-corrected chi connectivity index (χ2v) is 5.55. The van der Waals surface area contributed by atoms with E-state index in [1.165, 1.54) is 5.56 Å². The number of benzene rings is 2. The van der Waals surface area contributed by atoms with Gasteiger partial charge in [0.25, 0.3) is 0 Å². The maximum atomic E-state index is 12.1. The van der Waals surface area contributed by atoms with Crippen LogP contribution in [0.1, 0.15) is 17.5 Å². The van der Waals surface area contributed by atoms with Crippen LogP contribution in [0.3, 0.4) is 0 Å². The number of hydrogen-bond acceptors (Lipinski definition) is 3. The van der Waals surface area contributed by atoms with Gasteiger partial charge in [-0.05, 0) is 49.2 Å². The third-order valence-electron chi connectivity index (χ3n) is 3.77. The molecule has 0 spiro atoms. The van der Waals surface area contributed by atoms with E-state index in [0.717, 1.165) is 17.0 Å². The standard InChI is InChI=1S/C18H19NO3/c1-12-7-8-14(9-13(12)2)19-18(20)10-15-11-21-16-5-3-4-6-17(16)22-15/h3-9,15H,10-11H2,1-2H3,(H,19,20). The molecule has 0 saturated heterocycles. The summed E-state index contributed by atoms with van der Waals surface area (Å²) in [5.41, 5.74) is 3.17. The Labute approximate surface area is 130 Å². The van der Waals surface area contributed by atoms with Crippen molar-refractivity contribution in [2.45, 2.75) is 26.4 Å². The van der Waals surface area contributed by atoms with Crippen LogP contribution in [0, 0.1) is 13.8 Å². The first-order valence-corrected chi connectivity index (χ1v) is 7.37. The van der Waals surface area contributed by atoms with Crippen LogP contribution < -0.4 is 14.8 Å². The molecular weight excluding hydrogens is 278 g/mol. The zero-order valence-electron chi connectivity index (χ0n) is 12.8. The van der Waals surface area contributed by atoms with E-state index < -0.39 is 0 Å². The Morgan fingerprint density at radius 3 is 2.68 bits per heavy atom. The molecule has 1 aliphatic rings. The molecule has 1 heterocycles. The van der Waals surface area contributed by atoms with E-state index in [2.05, 4.69) is 5.32 Å². The number of ether oxygens (including phenoxy) is 2. The van der Waals surface area contributed by atoms with Gasteiger partial charge in [-0.1, -0.05) is 18.2 Å². The van der Waals surface area contributed by atoms with Crippen molar-refractivity contribution >= 4 is 11.6 Å². The maximum Gasteiger partial charge on any atom is 0.228 e. The molecule has 0 saturated carbocycles. The fraction of sp³-hybridized carbons (Fsp3) is 0.278. The van der Waals surface area contributed by atoms with Crippen molar-refractivity contribution in [2.75, 3.05) is 11.9 Å². The Morgan fingerprint density at radius 1 is 1.14 bits per heavy atom. The van der Waals surface area contributed by atoms with Crippen molar-refractivity contribution in [1.29, 1.82) is 0 Å². The molecule has 0 aliphatic carbocycles. The Bertz CT molecular complexity index is 696. The molecule has 1 N–H and O–H groups in total. The number of carbonyl (C=O) groups is 1. The predicted octanol–water partition coefficient (Wildman–Crippen LogP) is 3.47. The van der Waals surface area contributed by atoms with Crippen molar-refractivity contribution in [2.24, 2.45) is 0 Å². The molecule has 1 amide bonds. The van der Waals surface area contributed by atoms with Crippen LogP contribution in [0.25, 0.3) is 0 Å². The van der Waals surface area contributed by atoms with Crippen molar-refractivity contribution in [3.05, 3.63) is 53.6 Å². The molecular formula is C18H19NO3. The minimum atomic E-state index is -0.263. The molecule has 3 rings (SSSR count). The molecule has 2 aromatic rings. The lowest BCUT2D eigenvalue weighted by molar-refractivity contribution is -0.118. The third-order valence-corrected chi connectivity index (χ3v) is 3.77. The molecule has 4 heteroatoms. The Hall–Kier alpha value is -2.49. The highest BCUT2D eigenvalue weighted by Crippen LogP contribution is 2.31. The minimum Gasteiger partial charge on any atom is -0.486 e. The summed E-state index contributed by atoms with van der Waals surface area (Å²) in [6, 6.07) is 13.4. The van der Waals surface area contributed by atoms with Crippen LogP contribution in [-0.4, -0.2) is 18.6 Å². The summed E-state index contributed by atoms with van der Waals surface area (Å²) in [6.07, 6.45) is 0.00259. The first kappa shape index (κ1) is 14.4. The predicted molar refractivity (Wildman–Crippen MR) is 85.5 cm³/mol. The van der Waals surface area contributed by atoms with Gasteiger partial charge in [-0.25, -0.2) is 0 Å². The number of aryl methyl sites for hydroxylation is 2. The molecule has 0 radical (unpaired) electrons. The topological polar surface area (TPSA) is 47.6 Å². The minimum absolute atomic E-state index is 0.0729. The van der Waals surface area contributed by atoms with Crippen LogP contribution in [0.15, 0.2) is 42.5 Å². The average Bonchev–Trinajstić information content (AvgIpc) is 2.51. The number of hydrogen-bond donors (Lipinski definition) is 1. The number of rotatable bonds is 3. The lowest BCUT2D eigenvalue weighted by atomic mass is 10.1. The van der Waals surface area contributed by atoms with E-state index in [4.69, 9.17) is 9.47 Å². The summed E-state index contributed by atoms with van der Waals surface area (Å²) in [6.45, 7) is 4.46. The van der Waals surface area contributed by atoms with Gasteiger partial charge in [0.05, 0.1) is 6.42 Å². The molecule has 0 fully saturated rings. The van der Waals surface area contributed by atoms with E-state index in [1.54, 1.807) is 0 Å².